The van der Waals surface area contributed by atoms with Crippen molar-refractivity contribution in [3.63, 3.8) is 0 Å². The highest BCUT2D eigenvalue weighted by Gasteiger charge is 2.03. The summed E-state index contributed by atoms with van der Waals surface area (Å²) in [5.74, 6) is -0.267. The number of aryl methyl sites for hydroxylation is 2. The molecule has 0 unspecified atom stereocenters. The zero-order valence-corrected chi connectivity index (χ0v) is 9.89. The molecule has 0 aliphatic heterocycles. The van der Waals surface area contributed by atoms with Gasteiger partial charge in [-0.1, -0.05) is 13.8 Å². The smallest absolute Gasteiger partial charge is 0.146 e. The zero-order valence-electron chi connectivity index (χ0n) is 9.89. The largest absolute Gasteiger partial charge is 0.395 e. The quantitative estimate of drug-likeness (QED) is 0.809. The average Bonchev–Trinajstić information content (AvgIpc) is 2.24. The van der Waals surface area contributed by atoms with Gasteiger partial charge in [0.25, 0.3) is 0 Å². The normalized spacial score (nSPS) is 9.20. The summed E-state index contributed by atoms with van der Waals surface area (Å²) in [7, 11) is 0. The van der Waals surface area contributed by atoms with Crippen molar-refractivity contribution in [3.05, 3.63) is 29.1 Å². The third-order valence-electron chi connectivity index (χ3n) is 2.01. The highest BCUT2D eigenvalue weighted by atomic mass is 19.1. The molecule has 3 heteroatoms. The van der Waals surface area contributed by atoms with E-state index in [9.17, 15) is 4.39 Å². The molecule has 0 spiro atoms. The number of hydrogen-bond donors (Lipinski definition) is 2. The summed E-state index contributed by atoms with van der Waals surface area (Å²) in [5, 5.41) is 11.4. The molecule has 15 heavy (non-hydrogen) atoms. The Bertz CT molecular complexity index is 300. The molecule has 0 aliphatic carbocycles. The molecule has 0 saturated heterocycles. The van der Waals surface area contributed by atoms with Crippen LogP contribution < -0.4 is 5.32 Å². The standard InChI is InChI=1S/C10H14FNO.C2H6/c1-7-5-9(11)10(6-8(7)2)12-3-4-13;1-2/h5-6,12-13H,3-4H2,1-2H3;1-2H3. The lowest BCUT2D eigenvalue weighted by Crippen LogP contribution is -2.07. The van der Waals surface area contributed by atoms with Gasteiger partial charge in [0, 0.05) is 6.54 Å². The van der Waals surface area contributed by atoms with Crippen molar-refractivity contribution in [1.82, 2.24) is 0 Å². The lowest BCUT2D eigenvalue weighted by atomic mass is 10.1. The van der Waals surface area contributed by atoms with Crippen LogP contribution in [0.15, 0.2) is 12.1 Å². The maximum absolute atomic E-state index is 13.2. The van der Waals surface area contributed by atoms with Gasteiger partial charge in [0.05, 0.1) is 12.3 Å². The van der Waals surface area contributed by atoms with E-state index in [-0.39, 0.29) is 12.4 Å². The Morgan fingerprint density at radius 1 is 1.20 bits per heavy atom. The lowest BCUT2D eigenvalue weighted by Gasteiger charge is -2.08. The molecular formula is C12H20FNO. The van der Waals surface area contributed by atoms with Crippen LogP contribution in [0.1, 0.15) is 25.0 Å². The first kappa shape index (κ1) is 13.9. The predicted octanol–water partition coefficient (Wildman–Crippen LogP) is 2.87. The van der Waals surface area contributed by atoms with E-state index in [1.165, 1.54) is 6.07 Å². The van der Waals surface area contributed by atoms with E-state index >= 15 is 0 Å². The molecule has 0 heterocycles. The Balaban J connectivity index is 0.000000921. The van der Waals surface area contributed by atoms with Crippen molar-refractivity contribution in [1.29, 1.82) is 0 Å². The second kappa shape index (κ2) is 7.23. The van der Waals surface area contributed by atoms with Crippen molar-refractivity contribution in [2.24, 2.45) is 0 Å². The first-order chi connectivity index (χ1) is 7.15. The highest BCUT2D eigenvalue weighted by Crippen LogP contribution is 2.18. The summed E-state index contributed by atoms with van der Waals surface area (Å²) in [6.07, 6.45) is 0. The van der Waals surface area contributed by atoms with Crippen molar-refractivity contribution in [2.45, 2.75) is 27.7 Å². The fourth-order valence-electron chi connectivity index (χ4n) is 1.11. The zero-order chi connectivity index (χ0) is 11.8. The number of anilines is 1. The van der Waals surface area contributed by atoms with Crippen LogP contribution in [0.5, 0.6) is 0 Å². The van der Waals surface area contributed by atoms with Gasteiger partial charge in [-0.2, -0.15) is 0 Å². The van der Waals surface area contributed by atoms with Gasteiger partial charge in [-0.3, -0.25) is 0 Å². The summed E-state index contributed by atoms with van der Waals surface area (Å²) >= 11 is 0. The molecule has 0 aromatic heterocycles. The summed E-state index contributed by atoms with van der Waals surface area (Å²) < 4.78 is 13.2. The maximum atomic E-state index is 13.2. The van der Waals surface area contributed by atoms with Crippen molar-refractivity contribution >= 4 is 5.69 Å². The van der Waals surface area contributed by atoms with E-state index in [1.54, 1.807) is 6.07 Å². The van der Waals surface area contributed by atoms with E-state index < -0.39 is 0 Å². The minimum absolute atomic E-state index is 0.00631. The third-order valence-corrected chi connectivity index (χ3v) is 2.01. The van der Waals surface area contributed by atoms with Crippen LogP contribution in [0, 0.1) is 19.7 Å². The molecule has 0 atom stereocenters. The molecular weight excluding hydrogens is 193 g/mol. The number of aliphatic hydroxyl groups is 1. The third kappa shape index (κ3) is 4.30. The van der Waals surface area contributed by atoms with Crippen LogP contribution in [0.2, 0.25) is 0 Å². The second-order valence-electron chi connectivity index (χ2n) is 3.07. The number of aliphatic hydroxyl groups excluding tert-OH is 1. The Hall–Kier alpha value is -1.09. The summed E-state index contributed by atoms with van der Waals surface area (Å²) in [4.78, 5) is 0. The maximum Gasteiger partial charge on any atom is 0.146 e. The van der Waals surface area contributed by atoms with Crippen molar-refractivity contribution < 1.29 is 9.50 Å². The van der Waals surface area contributed by atoms with Gasteiger partial charge >= 0.3 is 0 Å². The molecule has 2 N–H and O–H groups in total. The van der Waals surface area contributed by atoms with E-state index in [4.69, 9.17) is 5.11 Å². The van der Waals surface area contributed by atoms with E-state index in [0.29, 0.717) is 12.2 Å². The summed E-state index contributed by atoms with van der Waals surface area (Å²) in [5.41, 5.74) is 2.44. The Kier molecular flexibility index (Phi) is 6.71. The monoisotopic (exact) mass is 213 g/mol. The summed E-state index contributed by atoms with van der Waals surface area (Å²) in [6, 6.07) is 3.25. The van der Waals surface area contributed by atoms with Gasteiger partial charge in [0.15, 0.2) is 0 Å². The van der Waals surface area contributed by atoms with Crippen LogP contribution in [0.4, 0.5) is 10.1 Å². The van der Waals surface area contributed by atoms with Gasteiger partial charge in [0.1, 0.15) is 5.82 Å². The fraction of sp³-hybridized carbons (Fsp3) is 0.500. The number of rotatable bonds is 3. The Morgan fingerprint density at radius 2 is 1.73 bits per heavy atom. The molecule has 0 amide bonds. The number of benzene rings is 1. The minimum atomic E-state index is -0.267. The topological polar surface area (TPSA) is 32.3 Å². The molecule has 1 rings (SSSR count). The molecule has 1 aromatic carbocycles. The van der Waals surface area contributed by atoms with Gasteiger partial charge in [-0.05, 0) is 37.1 Å². The Morgan fingerprint density at radius 3 is 2.27 bits per heavy atom. The van der Waals surface area contributed by atoms with Crippen LogP contribution in [0.25, 0.3) is 0 Å². The molecule has 0 bridgehead atoms. The molecule has 0 saturated carbocycles. The number of halogens is 1. The van der Waals surface area contributed by atoms with Crippen LogP contribution in [0.3, 0.4) is 0 Å². The van der Waals surface area contributed by atoms with Crippen molar-refractivity contribution in [2.75, 3.05) is 18.5 Å². The van der Waals surface area contributed by atoms with Crippen LogP contribution in [-0.4, -0.2) is 18.3 Å². The first-order valence-corrected chi connectivity index (χ1v) is 5.26. The highest BCUT2D eigenvalue weighted by molar-refractivity contribution is 5.49. The molecule has 0 fully saturated rings. The van der Waals surface area contributed by atoms with E-state index in [0.717, 1.165) is 11.1 Å². The number of hydrogen-bond acceptors (Lipinski definition) is 2. The van der Waals surface area contributed by atoms with E-state index in [1.807, 2.05) is 27.7 Å². The van der Waals surface area contributed by atoms with Crippen LogP contribution >= 0.6 is 0 Å². The van der Waals surface area contributed by atoms with Crippen molar-refractivity contribution in [3.8, 4) is 0 Å². The first-order valence-electron chi connectivity index (χ1n) is 5.26. The molecule has 0 aliphatic rings. The molecule has 2 nitrogen and oxygen atoms in total. The molecule has 1 aromatic rings. The molecule has 86 valence electrons. The molecule has 0 radical (unpaired) electrons. The van der Waals surface area contributed by atoms with Gasteiger partial charge in [0.2, 0.25) is 0 Å². The van der Waals surface area contributed by atoms with Gasteiger partial charge in [-0.15, -0.1) is 0 Å². The lowest BCUT2D eigenvalue weighted by molar-refractivity contribution is 0.311. The second-order valence-corrected chi connectivity index (χ2v) is 3.07. The average molecular weight is 213 g/mol. The predicted molar refractivity (Wildman–Crippen MR) is 62.8 cm³/mol. The van der Waals surface area contributed by atoms with Gasteiger partial charge in [-0.25, -0.2) is 4.39 Å². The number of nitrogens with one attached hydrogen (secondary N) is 1. The van der Waals surface area contributed by atoms with Gasteiger partial charge < -0.3 is 10.4 Å². The van der Waals surface area contributed by atoms with Crippen LogP contribution in [-0.2, 0) is 0 Å². The fourth-order valence-corrected chi connectivity index (χ4v) is 1.11. The minimum Gasteiger partial charge on any atom is -0.395 e. The Labute approximate surface area is 91.1 Å². The summed E-state index contributed by atoms with van der Waals surface area (Å²) in [6.45, 7) is 8.18. The van der Waals surface area contributed by atoms with E-state index in [2.05, 4.69) is 5.32 Å². The SMILES string of the molecule is CC.Cc1cc(F)c(NCCO)cc1C.